The highest BCUT2D eigenvalue weighted by atomic mass is 19.1. The quantitative estimate of drug-likeness (QED) is 0.770. The summed E-state index contributed by atoms with van der Waals surface area (Å²) < 4.78 is 28.1. The van der Waals surface area contributed by atoms with Crippen LogP contribution in [0, 0.1) is 18.7 Å². The minimum Gasteiger partial charge on any atom is -0.311 e. The number of carbonyl (C=O) groups is 1. The van der Waals surface area contributed by atoms with Crippen molar-refractivity contribution in [2.45, 2.75) is 19.5 Å². The predicted octanol–water partition coefficient (Wildman–Crippen LogP) is 3.34. The number of benzene rings is 1. The SMILES string of the molecule is Cc1ccc(F)cc1-c1cc2cnc(NC(=O)[C@@H]3C[C@@H]3F)cc2n(C)c1=O. The average molecular weight is 369 g/mol. The summed E-state index contributed by atoms with van der Waals surface area (Å²) in [7, 11) is 1.60. The molecule has 1 aliphatic carbocycles. The predicted molar refractivity (Wildman–Crippen MR) is 98.7 cm³/mol. The molecule has 1 amide bonds. The number of anilines is 1. The van der Waals surface area contributed by atoms with E-state index in [1.807, 2.05) is 6.92 Å². The number of nitrogens with zero attached hydrogens (tertiary/aromatic N) is 2. The van der Waals surface area contributed by atoms with E-state index in [0.29, 0.717) is 22.0 Å². The van der Waals surface area contributed by atoms with E-state index in [1.165, 1.54) is 22.9 Å². The zero-order chi connectivity index (χ0) is 19.3. The standard InChI is InChI=1S/C20H17F2N3O2/c1-10-3-4-12(21)6-13(10)14-5-11-9-23-18(8-17(11)25(2)20(14)27)24-19(26)15-7-16(15)22/h3-6,8-9,15-16H,7H2,1-2H3,(H,23,24,26)/t15-,16+/m1/s1. The van der Waals surface area contributed by atoms with Crippen molar-refractivity contribution in [3.8, 4) is 11.1 Å². The third kappa shape index (κ3) is 3.09. The molecule has 1 N–H and O–H groups in total. The van der Waals surface area contributed by atoms with Crippen LogP contribution >= 0.6 is 0 Å². The topological polar surface area (TPSA) is 64.0 Å². The Labute approximate surface area is 153 Å². The lowest BCUT2D eigenvalue weighted by atomic mass is 10.0. The Morgan fingerprint density at radius 1 is 1.26 bits per heavy atom. The molecule has 1 fully saturated rings. The first kappa shape index (κ1) is 17.3. The van der Waals surface area contributed by atoms with Crippen LogP contribution in [0.4, 0.5) is 14.6 Å². The number of alkyl halides is 1. The summed E-state index contributed by atoms with van der Waals surface area (Å²) in [6.45, 7) is 1.81. The van der Waals surface area contributed by atoms with Crippen LogP contribution in [-0.2, 0) is 11.8 Å². The summed E-state index contributed by atoms with van der Waals surface area (Å²) in [6.07, 6.45) is 0.670. The van der Waals surface area contributed by atoms with Crippen LogP contribution in [0.2, 0.25) is 0 Å². The maximum atomic E-state index is 13.7. The van der Waals surface area contributed by atoms with Crippen LogP contribution in [0.5, 0.6) is 0 Å². The normalized spacial score (nSPS) is 18.5. The third-order valence-electron chi connectivity index (χ3n) is 4.90. The molecule has 0 aliphatic heterocycles. The van der Waals surface area contributed by atoms with E-state index in [4.69, 9.17) is 0 Å². The molecule has 0 radical (unpaired) electrons. The fourth-order valence-corrected chi connectivity index (χ4v) is 3.16. The van der Waals surface area contributed by atoms with E-state index in [2.05, 4.69) is 10.3 Å². The molecule has 1 aromatic carbocycles. The lowest BCUT2D eigenvalue weighted by Crippen LogP contribution is -2.20. The van der Waals surface area contributed by atoms with Gasteiger partial charge in [-0.15, -0.1) is 0 Å². The fourth-order valence-electron chi connectivity index (χ4n) is 3.16. The first-order valence-electron chi connectivity index (χ1n) is 8.56. The third-order valence-corrected chi connectivity index (χ3v) is 4.90. The second-order valence-corrected chi connectivity index (χ2v) is 6.86. The number of amides is 1. The molecule has 2 aromatic heterocycles. The second-order valence-electron chi connectivity index (χ2n) is 6.86. The smallest absolute Gasteiger partial charge is 0.258 e. The molecule has 27 heavy (non-hydrogen) atoms. The van der Waals surface area contributed by atoms with Crippen molar-refractivity contribution in [2.75, 3.05) is 5.32 Å². The Morgan fingerprint density at radius 2 is 2.00 bits per heavy atom. The van der Waals surface area contributed by atoms with Crippen molar-refractivity contribution in [3.63, 3.8) is 0 Å². The number of aromatic nitrogens is 2. The van der Waals surface area contributed by atoms with Gasteiger partial charge in [0.15, 0.2) is 0 Å². The molecule has 5 nitrogen and oxygen atoms in total. The molecule has 1 aliphatic rings. The van der Waals surface area contributed by atoms with Crippen LogP contribution in [0.3, 0.4) is 0 Å². The summed E-state index contributed by atoms with van der Waals surface area (Å²) in [4.78, 5) is 28.9. The number of carbonyl (C=O) groups excluding carboxylic acids is 1. The Morgan fingerprint density at radius 3 is 2.70 bits per heavy atom. The molecule has 0 spiro atoms. The highest BCUT2D eigenvalue weighted by Gasteiger charge is 2.43. The van der Waals surface area contributed by atoms with Gasteiger partial charge in [-0.05, 0) is 42.7 Å². The lowest BCUT2D eigenvalue weighted by molar-refractivity contribution is -0.117. The number of aryl methyl sites for hydroxylation is 2. The number of halogens is 2. The molecule has 1 saturated carbocycles. The van der Waals surface area contributed by atoms with Crippen LogP contribution < -0.4 is 10.9 Å². The molecule has 0 saturated heterocycles. The van der Waals surface area contributed by atoms with Gasteiger partial charge in [0, 0.05) is 30.3 Å². The van der Waals surface area contributed by atoms with Gasteiger partial charge in [-0.1, -0.05) is 6.07 Å². The first-order valence-corrected chi connectivity index (χ1v) is 8.56. The molecule has 2 heterocycles. The fraction of sp³-hybridized carbons (Fsp3) is 0.250. The maximum Gasteiger partial charge on any atom is 0.258 e. The number of pyridine rings is 2. The van der Waals surface area contributed by atoms with Gasteiger partial charge in [-0.3, -0.25) is 9.59 Å². The van der Waals surface area contributed by atoms with E-state index in [0.717, 1.165) is 5.56 Å². The van der Waals surface area contributed by atoms with Crippen LogP contribution in [-0.4, -0.2) is 21.6 Å². The van der Waals surface area contributed by atoms with Gasteiger partial charge in [-0.25, -0.2) is 13.8 Å². The van der Waals surface area contributed by atoms with Gasteiger partial charge in [0.05, 0.1) is 11.4 Å². The van der Waals surface area contributed by atoms with Gasteiger partial charge in [0.25, 0.3) is 5.56 Å². The Bertz CT molecular complexity index is 1140. The molecular formula is C20H17F2N3O2. The van der Waals surface area contributed by atoms with Gasteiger partial charge in [0.1, 0.15) is 17.8 Å². The summed E-state index contributed by atoms with van der Waals surface area (Å²) in [5.41, 5.74) is 1.97. The Kier molecular flexibility index (Phi) is 4.02. The second kappa shape index (κ2) is 6.26. The Hall–Kier alpha value is -3.09. The molecule has 2 atom stereocenters. The van der Waals surface area contributed by atoms with E-state index in [9.17, 15) is 18.4 Å². The van der Waals surface area contributed by atoms with E-state index in [1.54, 1.807) is 25.2 Å². The van der Waals surface area contributed by atoms with E-state index in [-0.39, 0.29) is 17.8 Å². The van der Waals surface area contributed by atoms with Crippen molar-refractivity contribution < 1.29 is 13.6 Å². The summed E-state index contributed by atoms with van der Waals surface area (Å²) >= 11 is 0. The first-order chi connectivity index (χ1) is 12.8. The van der Waals surface area contributed by atoms with Crippen molar-refractivity contribution >= 4 is 22.6 Å². The zero-order valence-corrected chi connectivity index (χ0v) is 14.8. The average Bonchev–Trinajstić information content (AvgIpc) is 3.37. The summed E-state index contributed by atoms with van der Waals surface area (Å²) in [5.74, 6) is -1.19. The van der Waals surface area contributed by atoms with E-state index < -0.39 is 23.8 Å². The van der Waals surface area contributed by atoms with Gasteiger partial charge < -0.3 is 9.88 Å². The summed E-state index contributed by atoms with van der Waals surface area (Å²) in [5, 5.41) is 3.25. The maximum absolute atomic E-state index is 13.7. The summed E-state index contributed by atoms with van der Waals surface area (Å²) in [6, 6.07) is 7.55. The minimum absolute atomic E-state index is 0.230. The zero-order valence-electron chi connectivity index (χ0n) is 14.8. The highest BCUT2D eigenvalue weighted by Crippen LogP contribution is 2.34. The monoisotopic (exact) mass is 369 g/mol. The van der Waals surface area contributed by atoms with E-state index >= 15 is 0 Å². The van der Waals surface area contributed by atoms with Gasteiger partial charge in [-0.2, -0.15) is 0 Å². The minimum atomic E-state index is -1.09. The number of fused-ring (bicyclic) bond motifs is 1. The number of nitrogens with one attached hydrogen (secondary N) is 1. The largest absolute Gasteiger partial charge is 0.311 e. The van der Waals surface area contributed by atoms with Crippen molar-refractivity contribution in [3.05, 3.63) is 58.3 Å². The molecule has 0 unspecified atom stereocenters. The molecule has 3 aromatic rings. The molecule has 138 valence electrons. The van der Waals surface area contributed by atoms with Gasteiger partial charge >= 0.3 is 0 Å². The van der Waals surface area contributed by atoms with Crippen molar-refractivity contribution in [1.29, 1.82) is 0 Å². The van der Waals surface area contributed by atoms with Crippen LogP contribution in [0.25, 0.3) is 22.0 Å². The van der Waals surface area contributed by atoms with Crippen molar-refractivity contribution in [2.24, 2.45) is 13.0 Å². The molecule has 4 rings (SSSR count). The molecule has 0 bridgehead atoms. The molecular weight excluding hydrogens is 352 g/mol. The Balaban J connectivity index is 1.78. The number of rotatable bonds is 3. The van der Waals surface area contributed by atoms with Crippen LogP contribution in [0.15, 0.2) is 41.3 Å². The van der Waals surface area contributed by atoms with Crippen molar-refractivity contribution in [1.82, 2.24) is 9.55 Å². The van der Waals surface area contributed by atoms with Crippen LogP contribution in [0.1, 0.15) is 12.0 Å². The number of hydrogen-bond acceptors (Lipinski definition) is 3. The highest BCUT2D eigenvalue weighted by molar-refractivity contribution is 5.95. The van der Waals surface area contributed by atoms with Gasteiger partial charge in [0.2, 0.25) is 5.91 Å². The lowest BCUT2D eigenvalue weighted by Gasteiger charge is -2.12. The number of hydrogen-bond donors (Lipinski definition) is 1. The molecule has 7 heteroatoms.